The molecule has 0 atom stereocenters. The average Bonchev–Trinajstić information content (AvgIpc) is 3.48. The third-order valence-corrected chi connectivity index (χ3v) is 5.45. The summed E-state index contributed by atoms with van der Waals surface area (Å²) >= 11 is 1.41. The highest BCUT2D eigenvalue weighted by molar-refractivity contribution is 7.13. The van der Waals surface area contributed by atoms with Crippen molar-refractivity contribution in [3.8, 4) is 27.8 Å². The maximum absolute atomic E-state index is 12.4. The number of ether oxygens (including phenoxy) is 2. The van der Waals surface area contributed by atoms with Crippen LogP contribution in [0, 0.1) is 0 Å². The standard InChI is InChI=1S/C23H20N2O4S/c1-3-15-4-6-17(7-5-15)22-25-20(14-30-22)23(26)29-13-18-12-28-21(24-18)16-8-10-19(27-2)11-9-16/h4-12,14H,3,13H2,1-2H3. The van der Waals surface area contributed by atoms with Gasteiger partial charge in [-0.05, 0) is 36.2 Å². The molecule has 2 aromatic heterocycles. The van der Waals surface area contributed by atoms with Crippen LogP contribution in [0.4, 0.5) is 0 Å². The molecular formula is C23H20N2O4S. The maximum Gasteiger partial charge on any atom is 0.358 e. The van der Waals surface area contributed by atoms with Gasteiger partial charge in [0.05, 0.1) is 7.11 Å². The van der Waals surface area contributed by atoms with Gasteiger partial charge in [0.2, 0.25) is 5.89 Å². The number of carbonyl (C=O) groups is 1. The molecule has 6 nitrogen and oxygen atoms in total. The number of benzene rings is 2. The fraction of sp³-hybridized carbons (Fsp3) is 0.174. The van der Waals surface area contributed by atoms with Crippen molar-refractivity contribution in [2.45, 2.75) is 20.0 Å². The number of thiazole rings is 1. The molecule has 0 aliphatic heterocycles. The van der Waals surface area contributed by atoms with Gasteiger partial charge >= 0.3 is 5.97 Å². The SMILES string of the molecule is CCc1ccc(-c2nc(C(=O)OCc3coc(-c4ccc(OC)cc4)n3)cs2)cc1. The minimum absolute atomic E-state index is 0.0105. The minimum Gasteiger partial charge on any atom is -0.497 e. The van der Waals surface area contributed by atoms with E-state index < -0.39 is 5.97 Å². The Kier molecular flexibility index (Phi) is 5.90. The Bertz CT molecular complexity index is 1130. The summed E-state index contributed by atoms with van der Waals surface area (Å²) in [6.07, 6.45) is 2.46. The van der Waals surface area contributed by atoms with Gasteiger partial charge in [0.25, 0.3) is 0 Å². The molecule has 4 rings (SSSR count). The number of aryl methyl sites for hydroxylation is 1. The predicted octanol–water partition coefficient (Wildman–Crippen LogP) is 5.39. The van der Waals surface area contributed by atoms with Gasteiger partial charge in [0.15, 0.2) is 5.69 Å². The number of rotatable bonds is 7. The maximum atomic E-state index is 12.4. The zero-order chi connectivity index (χ0) is 20.9. The number of nitrogens with zero attached hydrogens (tertiary/aromatic N) is 2. The van der Waals surface area contributed by atoms with Crippen molar-refractivity contribution in [2.75, 3.05) is 7.11 Å². The molecule has 0 aliphatic carbocycles. The fourth-order valence-corrected chi connectivity index (χ4v) is 3.63. The number of hydrogen-bond acceptors (Lipinski definition) is 7. The quantitative estimate of drug-likeness (QED) is 0.373. The van der Waals surface area contributed by atoms with E-state index in [1.807, 2.05) is 36.4 Å². The molecule has 0 fully saturated rings. The van der Waals surface area contributed by atoms with E-state index >= 15 is 0 Å². The van der Waals surface area contributed by atoms with Crippen LogP contribution in [-0.2, 0) is 17.8 Å². The van der Waals surface area contributed by atoms with Crippen LogP contribution in [0.3, 0.4) is 0 Å². The molecule has 2 aromatic carbocycles. The number of hydrogen-bond donors (Lipinski definition) is 0. The molecule has 4 aromatic rings. The van der Waals surface area contributed by atoms with Gasteiger partial charge in [0, 0.05) is 16.5 Å². The average molecular weight is 420 g/mol. The summed E-state index contributed by atoms with van der Waals surface area (Å²) in [5.74, 6) is 0.718. The lowest BCUT2D eigenvalue weighted by Crippen LogP contribution is -2.05. The lowest BCUT2D eigenvalue weighted by molar-refractivity contribution is 0.0462. The van der Waals surface area contributed by atoms with E-state index in [0.717, 1.165) is 28.3 Å². The summed E-state index contributed by atoms with van der Waals surface area (Å²) in [5.41, 5.74) is 3.87. The second-order valence-corrected chi connectivity index (χ2v) is 7.40. The second kappa shape index (κ2) is 8.92. The zero-order valence-corrected chi connectivity index (χ0v) is 17.4. The van der Waals surface area contributed by atoms with Crippen LogP contribution in [-0.4, -0.2) is 23.0 Å². The summed E-state index contributed by atoms with van der Waals surface area (Å²) in [5, 5.41) is 2.49. The van der Waals surface area contributed by atoms with Gasteiger partial charge in [0.1, 0.15) is 29.3 Å². The Labute approximate surface area is 178 Å². The first-order valence-corrected chi connectivity index (χ1v) is 10.3. The summed E-state index contributed by atoms with van der Waals surface area (Å²) in [6, 6.07) is 15.5. The number of aromatic nitrogens is 2. The molecule has 0 spiro atoms. The lowest BCUT2D eigenvalue weighted by Gasteiger charge is -2.00. The Morgan fingerprint density at radius 3 is 2.47 bits per heavy atom. The summed E-state index contributed by atoms with van der Waals surface area (Å²) in [6.45, 7) is 2.12. The molecule has 0 unspecified atom stereocenters. The smallest absolute Gasteiger partial charge is 0.358 e. The number of esters is 1. The van der Waals surface area contributed by atoms with Gasteiger partial charge in [-0.2, -0.15) is 0 Å². The highest BCUT2D eigenvalue weighted by Gasteiger charge is 2.15. The Morgan fingerprint density at radius 1 is 1.03 bits per heavy atom. The molecule has 30 heavy (non-hydrogen) atoms. The van der Waals surface area contributed by atoms with E-state index in [-0.39, 0.29) is 12.3 Å². The van der Waals surface area contributed by atoms with Crippen molar-refractivity contribution in [1.82, 2.24) is 9.97 Å². The third kappa shape index (κ3) is 4.41. The first-order valence-electron chi connectivity index (χ1n) is 9.47. The van der Waals surface area contributed by atoms with Crippen molar-refractivity contribution in [3.63, 3.8) is 0 Å². The van der Waals surface area contributed by atoms with Crippen molar-refractivity contribution in [1.29, 1.82) is 0 Å². The first-order chi connectivity index (χ1) is 14.7. The van der Waals surface area contributed by atoms with Gasteiger partial charge in [-0.15, -0.1) is 11.3 Å². The molecule has 2 heterocycles. The van der Waals surface area contributed by atoms with Crippen LogP contribution in [0.15, 0.2) is 64.6 Å². The summed E-state index contributed by atoms with van der Waals surface area (Å²) in [4.78, 5) is 21.1. The molecule has 0 aliphatic rings. The summed E-state index contributed by atoms with van der Waals surface area (Å²) < 4.78 is 16.0. The Hall–Kier alpha value is -3.45. The monoisotopic (exact) mass is 420 g/mol. The molecule has 0 saturated carbocycles. The van der Waals surface area contributed by atoms with E-state index in [1.54, 1.807) is 12.5 Å². The molecule has 152 valence electrons. The van der Waals surface area contributed by atoms with Gasteiger partial charge in [-0.25, -0.2) is 14.8 Å². The number of carbonyl (C=O) groups excluding carboxylic acids is 1. The first kappa shape index (κ1) is 19.8. The zero-order valence-electron chi connectivity index (χ0n) is 16.6. The van der Waals surface area contributed by atoms with Crippen LogP contribution >= 0.6 is 11.3 Å². The van der Waals surface area contributed by atoms with Gasteiger partial charge < -0.3 is 13.9 Å². The van der Waals surface area contributed by atoms with E-state index in [4.69, 9.17) is 13.9 Å². The highest BCUT2D eigenvalue weighted by Crippen LogP contribution is 2.25. The minimum atomic E-state index is -0.489. The molecule has 0 N–H and O–H groups in total. The van der Waals surface area contributed by atoms with Crippen LogP contribution in [0.25, 0.3) is 22.0 Å². The van der Waals surface area contributed by atoms with Crippen LogP contribution < -0.4 is 4.74 Å². The second-order valence-electron chi connectivity index (χ2n) is 6.54. The van der Waals surface area contributed by atoms with E-state index in [0.29, 0.717) is 11.6 Å². The van der Waals surface area contributed by atoms with E-state index in [2.05, 4.69) is 29.0 Å². The molecule has 0 radical (unpaired) electrons. The normalized spacial score (nSPS) is 10.7. The van der Waals surface area contributed by atoms with E-state index in [9.17, 15) is 4.79 Å². The Balaban J connectivity index is 1.38. The highest BCUT2D eigenvalue weighted by atomic mass is 32.1. The lowest BCUT2D eigenvalue weighted by atomic mass is 10.1. The van der Waals surface area contributed by atoms with Crippen LogP contribution in [0.2, 0.25) is 0 Å². The van der Waals surface area contributed by atoms with E-state index in [1.165, 1.54) is 23.2 Å². The van der Waals surface area contributed by atoms with Crippen molar-refractivity contribution in [3.05, 3.63) is 77.1 Å². The van der Waals surface area contributed by atoms with Crippen LogP contribution in [0.1, 0.15) is 28.7 Å². The van der Waals surface area contributed by atoms with Gasteiger partial charge in [-0.1, -0.05) is 31.2 Å². The predicted molar refractivity (Wildman–Crippen MR) is 115 cm³/mol. The van der Waals surface area contributed by atoms with Crippen molar-refractivity contribution < 1.29 is 18.7 Å². The largest absolute Gasteiger partial charge is 0.497 e. The molecule has 0 bridgehead atoms. The fourth-order valence-electron chi connectivity index (χ4n) is 2.84. The van der Waals surface area contributed by atoms with Gasteiger partial charge in [-0.3, -0.25) is 0 Å². The third-order valence-electron chi connectivity index (χ3n) is 4.56. The molecular weight excluding hydrogens is 400 g/mol. The molecule has 0 saturated heterocycles. The molecule has 0 amide bonds. The van der Waals surface area contributed by atoms with Crippen molar-refractivity contribution in [2.24, 2.45) is 0 Å². The number of oxazole rings is 1. The molecule has 7 heteroatoms. The number of methoxy groups -OCH3 is 1. The topological polar surface area (TPSA) is 74.5 Å². The van der Waals surface area contributed by atoms with Crippen LogP contribution in [0.5, 0.6) is 5.75 Å². The van der Waals surface area contributed by atoms with Crippen molar-refractivity contribution >= 4 is 17.3 Å². The summed E-state index contributed by atoms with van der Waals surface area (Å²) in [7, 11) is 1.61. The Morgan fingerprint density at radius 2 is 1.77 bits per heavy atom.